The third kappa shape index (κ3) is 6.34. The molecule has 1 heterocycles. The highest BCUT2D eigenvalue weighted by Crippen LogP contribution is 2.20. The molecule has 1 N–H and O–H groups in total. The molecule has 1 saturated heterocycles. The fraction of sp³-hybridized carbons (Fsp3) is 0.941. The Morgan fingerprint density at radius 3 is 2.81 bits per heavy atom. The zero-order valence-electron chi connectivity index (χ0n) is 14.3. The minimum Gasteiger partial charge on any atom is -0.380 e. The van der Waals surface area contributed by atoms with Crippen LogP contribution >= 0.6 is 0 Å². The van der Waals surface area contributed by atoms with Crippen molar-refractivity contribution in [2.24, 2.45) is 5.92 Å². The monoisotopic (exact) mass is 295 g/mol. The first-order valence-corrected chi connectivity index (χ1v) is 8.46. The van der Waals surface area contributed by atoms with Crippen molar-refractivity contribution in [3.8, 4) is 6.07 Å². The second kappa shape index (κ2) is 9.40. The molecule has 1 rings (SSSR count). The summed E-state index contributed by atoms with van der Waals surface area (Å²) in [6, 6.07) is 2.43. The molecule has 21 heavy (non-hydrogen) atoms. The molecule has 122 valence electrons. The summed E-state index contributed by atoms with van der Waals surface area (Å²) >= 11 is 0. The van der Waals surface area contributed by atoms with Crippen LogP contribution in [0.3, 0.4) is 0 Å². The zero-order valence-corrected chi connectivity index (χ0v) is 14.3. The lowest BCUT2D eigenvalue weighted by atomic mass is 9.94. The molecule has 0 amide bonds. The van der Waals surface area contributed by atoms with E-state index in [9.17, 15) is 5.26 Å². The van der Waals surface area contributed by atoms with Gasteiger partial charge in [0.1, 0.15) is 5.54 Å². The molecule has 4 heteroatoms. The second-order valence-electron chi connectivity index (χ2n) is 6.67. The Kier molecular flexibility index (Phi) is 8.24. The van der Waals surface area contributed by atoms with Gasteiger partial charge in [0.15, 0.2) is 0 Å². The van der Waals surface area contributed by atoms with Crippen LogP contribution in [0.5, 0.6) is 0 Å². The molecule has 0 bridgehead atoms. The quantitative estimate of drug-likeness (QED) is 0.665. The predicted octanol–water partition coefficient (Wildman–Crippen LogP) is 2.80. The van der Waals surface area contributed by atoms with Gasteiger partial charge in [-0.2, -0.15) is 5.26 Å². The van der Waals surface area contributed by atoms with Gasteiger partial charge in [0.2, 0.25) is 0 Å². The van der Waals surface area contributed by atoms with Gasteiger partial charge in [-0.3, -0.25) is 5.32 Å². The lowest BCUT2D eigenvalue weighted by molar-refractivity contribution is -0.00533. The molecule has 1 aliphatic heterocycles. The van der Waals surface area contributed by atoms with Crippen LogP contribution in [0.4, 0.5) is 0 Å². The van der Waals surface area contributed by atoms with E-state index >= 15 is 0 Å². The lowest BCUT2D eigenvalue weighted by Crippen LogP contribution is -2.44. The number of methoxy groups -OCH3 is 1. The van der Waals surface area contributed by atoms with E-state index in [1.807, 2.05) is 14.0 Å². The number of hydrogen-bond donors (Lipinski definition) is 1. The SMILES string of the molecule is CCCNC(C)(C#N)CCCCN1CCC(C)C(OC)C1. The van der Waals surface area contributed by atoms with E-state index in [1.54, 1.807) is 0 Å². The van der Waals surface area contributed by atoms with Crippen molar-refractivity contribution >= 4 is 0 Å². The maximum Gasteiger partial charge on any atom is 0.103 e. The fourth-order valence-corrected chi connectivity index (χ4v) is 3.01. The molecule has 3 unspecified atom stereocenters. The Hall–Kier alpha value is -0.630. The Labute approximate surface area is 130 Å². The van der Waals surface area contributed by atoms with Crippen molar-refractivity contribution in [3.63, 3.8) is 0 Å². The number of ether oxygens (including phenoxy) is 1. The van der Waals surface area contributed by atoms with Gasteiger partial charge in [-0.05, 0) is 64.6 Å². The van der Waals surface area contributed by atoms with Gasteiger partial charge in [-0.15, -0.1) is 0 Å². The van der Waals surface area contributed by atoms with Crippen LogP contribution in [-0.2, 0) is 4.74 Å². The third-order valence-electron chi connectivity index (χ3n) is 4.69. The molecular weight excluding hydrogens is 262 g/mol. The maximum atomic E-state index is 9.32. The fourth-order valence-electron chi connectivity index (χ4n) is 3.01. The number of likely N-dealkylation sites (tertiary alicyclic amines) is 1. The Bertz CT molecular complexity index is 328. The molecular formula is C17H33N3O. The normalized spacial score (nSPS) is 26.2. The molecule has 0 aromatic heterocycles. The number of piperidine rings is 1. The summed E-state index contributed by atoms with van der Waals surface area (Å²) in [4.78, 5) is 2.51. The summed E-state index contributed by atoms with van der Waals surface area (Å²) in [6.07, 6.45) is 5.88. The van der Waals surface area contributed by atoms with Gasteiger partial charge in [0, 0.05) is 13.7 Å². The highest BCUT2D eigenvalue weighted by atomic mass is 16.5. The van der Waals surface area contributed by atoms with Crippen LogP contribution in [0.1, 0.15) is 52.9 Å². The maximum absolute atomic E-state index is 9.32. The number of unbranched alkanes of at least 4 members (excludes halogenated alkanes) is 1. The minimum atomic E-state index is -0.360. The zero-order chi connectivity index (χ0) is 15.7. The van der Waals surface area contributed by atoms with Gasteiger partial charge in [0.05, 0.1) is 12.2 Å². The first-order valence-electron chi connectivity index (χ1n) is 8.46. The second-order valence-corrected chi connectivity index (χ2v) is 6.67. The third-order valence-corrected chi connectivity index (χ3v) is 4.69. The smallest absolute Gasteiger partial charge is 0.103 e. The Morgan fingerprint density at radius 2 is 2.19 bits per heavy atom. The summed E-state index contributed by atoms with van der Waals surface area (Å²) in [6.45, 7) is 10.7. The van der Waals surface area contributed by atoms with Crippen LogP contribution in [0.2, 0.25) is 0 Å². The molecule has 0 spiro atoms. The molecule has 1 fully saturated rings. The summed E-state index contributed by atoms with van der Waals surface area (Å²) in [5.74, 6) is 0.673. The predicted molar refractivity (Wildman–Crippen MR) is 87.2 cm³/mol. The van der Waals surface area contributed by atoms with Gasteiger partial charge in [0.25, 0.3) is 0 Å². The van der Waals surface area contributed by atoms with E-state index in [0.717, 1.165) is 45.3 Å². The molecule has 4 nitrogen and oxygen atoms in total. The Morgan fingerprint density at radius 1 is 1.43 bits per heavy atom. The van der Waals surface area contributed by atoms with E-state index in [0.29, 0.717) is 12.0 Å². The number of nitriles is 1. The summed E-state index contributed by atoms with van der Waals surface area (Å²) in [7, 11) is 1.82. The van der Waals surface area contributed by atoms with Crippen molar-refractivity contribution in [2.45, 2.75) is 64.5 Å². The first kappa shape index (κ1) is 18.4. The molecule has 0 radical (unpaired) electrons. The van der Waals surface area contributed by atoms with E-state index in [2.05, 4.69) is 30.1 Å². The highest BCUT2D eigenvalue weighted by Gasteiger charge is 2.26. The van der Waals surface area contributed by atoms with Gasteiger partial charge in [-0.25, -0.2) is 0 Å². The molecule has 3 atom stereocenters. The Balaban J connectivity index is 2.23. The van der Waals surface area contributed by atoms with Crippen LogP contribution in [-0.4, -0.2) is 49.8 Å². The lowest BCUT2D eigenvalue weighted by Gasteiger charge is -2.36. The highest BCUT2D eigenvalue weighted by molar-refractivity contribution is 5.03. The van der Waals surface area contributed by atoms with Crippen molar-refractivity contribution < 1.29 is 4.74 Å². The molecule has 0 aromatic carbocycles. The standard InChI is InChI=1S/C17H33N3O/c1-5-10-19-17(3,14-18)9-6-7-11-20-12-8-15(2)16(13-20)21-4/h15-16,19H,5-13H2,1-4H3. The largest absolute Gasteiger partial charge is 0.380 e. The summed E-state index contributed by atoms with van der Waals surface area (Å²) < 4.78 is 5.56. The minimum absolute atomic E-state index is 0.360. The van der Waals surface area contributed by atoms with E-state index in [4.69, 9.17) is 4.74 Å². The summed E-state index contributed by atoms with van der Waals surface area (Å²) in [5.41, 5.74) is -0.360. The number of rotatable bonds is 9. The average Bonchev–Trinajstić information content (AvgIpc) is 2.51. The number of nitrogens with one attached hydrogen (secondary N) is 1. The van der Waals surface area contributed by atoms with Crippen LogP contribution in [0.25, 0.3) is 0 Å². The van der Waals surface area contributed by atoms with Crippen LogP contribution in [0.15, 0.2) is 0 Å². The average molecular weight is 295 g/mol. The summed E-state index contributed by atoms with van der Waals surface area (Å²) in [5, 5.41) is 12.7. The number of hydrogen-bond acceptors (Lipinski definition) is 4. The van der Waals surface area contributed by atoms with E-state index in [1.165, 1.54) is 13.0 Å². The molecule has 0 aromatic rings. The van der Waals surface area contributed by atoms with Gasteiger partial charge >= 0.3 is 0 Å². The van der Waals surface area contributed by atoms with E-state index < -0.39 is 0 Å². The molecule has 0 saturated carbocycles. The topological polar surface area (TPSA) is 48.3 Å². The molecule has 1 aliphatic rings. The molecule has 0 aliphatic carbocycles. The number of nitrogens with zero attached hydrogens (tertiary/aromatic N) is 2. The van der Waals surface area contributed by atoms with Crippen LogP contribution < -0.4 is 5.32 Å². The van der Waals surface area contributed by atoms with Crippen molar-refractivity contribution in [3.05, 3.63) is 0 Å². The van der Waals surface area contributed by atoms with Gasteiger partial charge < -0.3 is 9.64 Å². The van der Waals surface area contributed by atoms with E-state index in [-0.39, 0.29) is 5.54 Å². The van der Waals surface area contributed by atoms with Crippen molar-refractivity contribution in [1.82, 2.24) is 10.2 Å². The van der Waals surface area contributed by atoms with Gasteiger partial charge in [-0.1, -0.05) is 13.8 Å². The first-order chi connectivity index (χ1) is 10.0. The van der Waals surface area contributed by atoms with Crippen molar-refractivity contribution in [2.75, 3.05) is 33.3 Å². The van der Waals surface area contributed by atoms with Crippen LogP contribution in [0, 0.1) is 17.2 Å². The van der Waals surface area contributed by atoms with Crippen molar-refractivity contribution in [1.29, 1.82) is 5.26 Å².